The predicted octanol–water partition coefficient (Wildman–Crippen LogP) is 4.48. The normalized spacial score (nSPS) is 10.9. The summed E-state index contributed by atoms with van der Waals surface area (Å²) in [5.41, 5.74) is -0.725. The first kappa shape index (κ1) is 16.6. The van der Waals surface area contributed by atoms with Crippen molar-refractivity contribution in [2.24, 2.45) is 0 Å². The lowest BCUT2D eigenvalue weighted by Crippen LogP contribution is -2.09. The number of aromatic nitrogens is 1. The summed E-state index contributed by atoms with van der Waals surface area (Å²) in [6.07, 6.45) is 1.50. The molecule has 124 valence electrons. The van der Waals surface area contributed by atoms with E-state index in [0.717, 1.165) is 17.4 Å². The number of carbonyl (C=O) groups is 1. The molecular weight excluding hydrogens is 360 g/mol. The van der Waals surface area contributed by atoms with E-state index in [4.69, 9.17) is 21.1 Å². The largest absolute Gasteiger partial charge is 0.494 e. The molecule has 3 aromatic rings. The molecule has 0 N–H and O–H groups in total. The third kappa shape index (κ3) is 2.70. The molecule has 0 saturated carbocycles. The van der Waals surface area contributed by atoms with Gasteiger partial charge in [-0.05, 0) is 17.5 Å². The first-order valence-corrected chi connectivity index (χ1v) is 7.85. The molecule has 2 heterocycles. The van der Waals surface area contributed by atoms with Gasteiger partial charge in [0.05, 0.1) is 23.8 Å². The number of hydrogen-bond donors (Lipinski definition) is 0. The maximum absolute atomic E-state index is 14.4. The van der Waals surface area contributed by atoms with Crippen molar-refractivity contribution in [1.82, 2.24) is 4.98 Å². The van der Waals surface area contributed by atoms with Crippen molar-refractivity contribution in [2.45, 2.75) is 0 Å². The van der Waals surface area contributed by atoms with Gasteiger partial charge in [-0.15, -0.1) is 11.3 Å². The number of rotatable bonds is 4. The fourth-order valence-corrected chi connectivity index (χ4v) is 3.36. The minimum absolute atomic E-state index is 0.155. The predicted molar refractivity (Wildman–Crippen MR) is 87.5 cm³/mol. The lowest BCUT2D eigenvalue weighted by molar-refractivity contribution is 0.103. The topological polar surface area (TPSA) is 48.4 Å². The Bertz CT molecular complexity index is 930. The summed E-state index contributed by atoms with van der Waals surface area (Å²) >= 11 is 6.88. The van der Waals surface area contributed by atoms with Crippen LogP contribution in [0.2, 0.25) is 5.15 Å². The molecule has 24 heavy (non-hydrogen) atoms. The molecule has 0 atom stereocenters. The number of pyridine rings is 1. The van der Waals surface area contributed by atoms with Crippen LogP contribution in [0, 0.1) is 11.6 Å². The van der Waals surface area contributed by atoms with Crippen molar-refractivity contribution in [2.75, 3.05) is 14.2 Å². The van der Waals surface area contributed by atoms with Gasteiger partial charge in [0, 0.05) is 12.3 Å². The molecule has 0 aliphatic heterocycles. The van der Waals surface area contributed by atoms with Gasteiger partial charge in [-0.2, -0.15) is 0 Å². The quantitative estimate of drug-likeness (QED) is 0.502. The summed E-state index contributed by atoms with van der Waals surface area (Å²) < 4.78 is 39.2. The highest BCUT2D eigenvalue weighted by molar-refractivity contribution is 7.21. The zero-order valence-electron chi connectivity index (χ0n) is 12.5. The second kappa shape index (κ2) is 6.33. The maximum Gasteiger partial charge on any atom is 0.209 e. The second-order valence-electron chi connectivity index (χ2n) is 4.77. The summed E-state index contributed by atoms with van der Waals surface area (Å²) in [6, 6.07) is 4.14. The molecule has 1 aromatic carbocycles. The summed E-state index contributed by atoms with van der Waals surface area (Å²) in [5, 5.41) is 0.929. The molecule has 0 unspecified atom stereocenters. The molecule has 8 heteroatoms. The molecule has 0 aliphatic carbocycles. The smallest absolute Gasteiger partial charge is 0.209 e. The number of ketones is 1. The number of fused-ring (bicyclic) bond motifs is 1. The van der Waals surface area contributed by atoms with E-state index in [1.54, 1.807) is 6.07 Å². The highest BCUT2D eigenvalue weighted by Crippen LogP contribution is 2.35. The van der Waals surface area contributed by atoms with Crippen LogP contribution in [0.15, 0.2) is 24.4 Å². The van der Waals surface area contributed by atoms with Gasteiger partial charge in [0.15, 0.2) is 23.1 Å². The highest BCUT2D eigenvalue weighted by Gasteiger charge is 2.27. The minimum Gasteiger partial charge on any atom is -0.494 e. The van der Waals surface area contributed by atoms with E-state index in [0.29, 0.717) is 10.1 Å². The molecule has 0 aliphatic rings. The number of thiophene rings is 1. The number of nitrogens with zero attached hydrogens (tertiary/aromatic N) is 1. The number of halogens is 3. The van der Waals surface area contributed by atoms with Crippen LogP contribution >= 0.6 is 22.9 Å². The monoisotopic (exact) mass is 369 g/mol. The number of methoxy groups -OCH3 is 2. The minimum atomic E-state index is -1.07. The first-order valence-electron chi connectivity index (χ1n) is 6.66. The fourth-order valence-electron chi connectivity index (χ4n) is 2.24. The van der Waals surface area contributed by atoms with Crippen LogP contribution in [0.4, 0.5) is 8.78 Å². The van der Waals surface area contributed by atoms with Crippen molar-refractivity contribution < 1.29 is 23.0 Å². The van der Waals surface area contributed by atoms with Crippen LogP contribution in [0.5, 0.6) is 11.5 Å². The van der Waals surface area contributed by atoms with Gasteiger partial charge >= 0.3 is 0 Å². The molecular formula is C16H10ClF2NO3S. The van der Waals surface area contributed by atoms with E-state index in [2.05, 4.69) is 4.98 Å². The average Bonchev–Trinajstić information content (AvgIpc) is 2.98. The SMILES string of the molecule is COc1cc(OC)c(F)c(C(=O)c2cc3cc(Cl)ncc3s2)c1F. The fraction of sp³-hybridized carbons (Fsp3) is 0.125. The number of hydrogen-bond acceptors (Lipinski definition) is 5. The van der Waals surface area contributed by atoms with Gasteiger partial charge in [-0.3, -0.25) is 4.79 Å². The van der Waals surface area contributed by atoms with Gasteiger partial charge in [0.1, 0.15) is 10.7 Å². The third-order valence-electron chi connectivity index (χ3n) is 3.40. The van der Waals surface area contributed by atoms with E-state index in [1.807, 2.05) is 0 Å². The van der Waals surface area contributed by atoms with E-state index in [-0.39, 0.29) is 21.5 Å². The van der Waals surface area contributed by atoms with Crippen molar-refractivity contribution in [1.29, 1.82) is 0 Å². The van der Waals surface area contributed by atoms with E-state index in [9.17, 15) is 13.6 Å². The molecule has 0 bridgehead atoms. The number of ether oxygens (including phenoxy) is 2. The standard InChI is InChI=1S/C16H10ClF2NO3S/c1-22-8-5-9(23-2)15(19)13(14(8)18)16(21)10-3-7-4-12(17)20-6-11(7)24-10/h3-6H,1-2H3. The Morgan fingerprint density at radius 2 is 1.75 bits per heavy atom. The van der Waals surface area contributed by atoms with Crippen LogP contribution < -0.4 is 9.47 Å². The molecule has 4 nitrogen and oxygen atoms in total. The lowest BCUT2D eigenvalue weighted by atomic mass is 10.1. The van der Waals surface area contributed by atoms with Gasteiger partial charge in [0.25, 0.3) is 0 Å². The zero-order chi connectivity index (χ0) is 17.4. The highest BCUT2D eigenvalue weighted by atomic mass is 35.5. The molecule has 0 radical (unpaired) electrons. The van der Waals surface area contributed by atoms with Crippen LogP contribution in [-0.4, -0.2) is 25.0 Å². The van der Waals surface area contributed by atoms with E-state index >= 15 is 0 Å². The molecule has 3 rings (SSSR count). The third-order valence-corrected chi connectivity index (χ3v) is 4.69. The van der Waals surface area contributed by atoms with Gasteiger partial charge in [-0.25, -0.2) is 13.8 Å². The Hall–Kier alpha value is -2.25. The number of carbonyl (C=O) groups excluding carboxylic acids is 1. The average molecular weight is 370 g/mol. The Labute approximate surface area is 144 Å². The maximum atomic E-state index is 14.4. The zero-order valence-corrected chi connectivity index (χ0v) is 14.1. The Kier molecular flexibility index (Phi) is 4.38. The van der Waals surface area contributed by atoms with E-state index < -0.39 is 23.0 Å². The van der Waals surface area contributed by atoms with E-state index in [1.165, 1.54) is 26.5 Å². The van der Waals surface area contributed by atoms with Crippen LogP contribution in [0.25, 0.3) is 10.1 Å². The van der Waals surface area contributed by atoms with Crippen molar-refractivity contribution in [3.63, 3.8) is 0 Å². The molecule has 0 saturated heterocycles. The molecule has 2 aromatic heterocycles. The summed E-state index contributed by atoms with van der Waals surface area (Å²) in [4.78, 5) is 16.7. The van der Waals surface area contributed by atoms with Crippen molar-refractivity contribution in [3.8, 4) is 11.5 Å². The van der Waals surface area contributed by atoms with Crippen molar-refractivity contribution in [3.05, 3.63) is 51.6 Å². The van der Waals surface area contributed by atoms with Crippen LogP contribution in [0.1, 0.15) is 15.2 Å². The van der Waals surface area contributed by atoms with Crippen LogP contribution in [0.3, 0.4) is 0 Å². The summed E-state index contributed by atoms with van der Waals surface area (Å²) in [7, 11) is 2.44. The number of benzene rings is 1. The summed E-state index contributed by atoms with van der Waals surface area (Å²) in [6.45, 7) is 0. The molecule has 0 spiro atoms. The molecule has 0 fully saturated rings. The Balaban J connectivity index is 2.18. The van der Waals surface area contributed by atoms with Gasteiger partial charge < -0.3 is 9.47 Å². The summed E-state index contributed by atoms with van der Waals surface area (Å²) in [5.74, 6) is -3.51. The molecule has 0 amide bonds. The Morgan fingerprint density at radius 3 is 2.33 bits per heavy atom. The second-order valence-corrected chi connectivity index (χ2v) is 6.24. The van der Waals surface area contributed by atoms with Crippen molar-refractivity contribution >= 4 is 38.8 Å². The Morgan fingerprint density at radius 1 is 1.12 bits per heavy atom. The lowest BCUT2D eigenvalue weighted by Gasteiger charge is -2.11. The van der Waals surface area contributed by atoms with Gasteiger partial charge in [-0.1, -0.05) is 11.6 Å². The van der Waals surface area contributed by atoms with Crippen LogP contribution in [-0.2, 0) is 0 Å². The first-order chi connectivity index (χ1) is 11.5. The van der Waals surface area contributed by atoms with Gasteiger partial charge in [0.2, 0.25) is 5.78 Å².